The maximum Gasteiger partial charge on any atom is 0.209 e. The van der Waals surface area contributed by atoms with Crippen LogP contribution in [-0.4, -0.2) is 9.02 Å². The number of halogens is 8. The number of rotatable bonds is 5. The van der Waals surface area contributed by atoms with Crippen molar-refractivity contribution in [3.05, 3.63) is 51.1 Å². The SMILES string of the molecule is CC(Br)(Oc1c(Br)cc(Br)cc1Br)C(C)(Br)Oc1c(Br)cc(Br)cc1Br. The molecule has 2 aromatic carbocycles. The summed E-state index contributed by atoms with van der Waals surface area (Å²) in [7, 11) is 0. The Labute approximate surface area is 219 Å². The highest BCUT2D eigenvalue weighted by molar-refractivity contribution is 9.13. The van der Waals surface area contributed by atoms with E-state index in [4.69, 9.17) is 9.47 Å². The van der Waals surface area contributed by atoms with Crippen LogP contribution < -0.4 is 9.47 Å². The van der Waals surface area contributed by atoms with Crippen LogP contribution in [0.25, 0.3) is 0 Å². The Morgan fingerprint density at radius 1 is 0.577 bits per heavy atom. The lowest BCUT2D eigenvalue weighted by Gasteiger charge is -2.38. The molecule has 2 rings (SSSR count). The molecule has 0 bridgehead atoms. The van der Waals surface area contributed by atoms with E-state index in [9.17, 15) is 0 Å². The molecule has 0 aliphatic carbocycles. The molecular formula is C16H10Br8O2. The van der Waals surface area contributed by atoms with Gasteiger partial charge in [-0.3, -0.25) is 0 Å². The first kappa shape index (κ1) is 24.2. The van der Waals surface area contributed by atoms with Gasteiger partial charge in [0.05, 0.1) is 17.9 Å². The molecule has 0 N–H and O–H groups in total. The van der Waals surface area contributed by atoms with Crippen molar-refractivity contribution in [1.29, 1.82) is 0 Å². The van der Waals surface area contributed by atoms with Crippen LogP contribution in [-0.2, 0) is 0 Å². The summed E-state index contributed by atoms with van der Waals surface area (Å²) in [5.74, 6) is 1.30. The molecule has 0 radical (unpaired) electrons. The van der Waals surface area contributed by atoms with Gasteiger partial charge in [0.1, 0.15) is 11.5 Å². The van der Waals surface area contributed by atoms with Gasteiger partial charge in [-0.05, 0) is 134 Å². The van der Waals surface area contributed by atoms with Gasteiger partial charge in [0.15, 0.2) is 0 Å². The maximum absolute atomic E-state index is 6.25. The number of hydrogen-bond acceptors (Lipinski definition) is 2. The Hall–Kier alpha value is 1.88. The van der Waals surface area contributed by atoms with E-state index in [1.165, 1.54) is 0 Å². The number of alkyl halides is 2. The van der Waals surface area contributed by atoms with Crippen LogP contribution in [0.4, 0.5) is 0 Å². The number of benzene rings is 2. The normalized spacial score (nSPS) is 15.9. The number of ether oxygens (including phenoxy) is 2. The highest BCUT2D eigenvalue weighted by Gasteiger charge is 2.47. The van der Waals surface area contributed by atoms with Crippen LogP contribution in [0.5, 0.6) is 11.5 Å². The minimum absolute atomic E-state index is 0.649. The molecule has 0 amide bonds. The largest absolute Gasteiger partial charge is 0.469 e. The van der Waals surface area contributed by atoms with Crippen LogP contribution >= 0.6 is 127 Å². The zero-order valence-electron chi connectivity index (χ0n) is 13.1. The Kier molecular flexibility index (Phi) is 8.69. The first-order chi connectivity index (χ1) is 11.8. The van der Waals surface area contributed by atoms with Gasteiger partial charge in [-0.1, -0.05) is 31.9 Å². The van der Waals surface area contributed by atoms with Gasteiger partial charge >= 0.3 is 0 Å². The van der Waals surface area contributed by atoms with Gasteiger partial charge in [0.2, 0.25) is 9.02 Å². The summed E-state index contributed by atoms with van der Waals surface area (Å²) < 4.78 is 15.8. The summed E-state index contributed by atoms with van der Waals surface area (Å²) in [4.78, 5) is 0. The smallest absolute Gasteiger partial charge is 0.209 e. The standard InChI is InChI=1S/C16H10Br8O2/c1-15(23,25-13-9(19)3-7(17)4-10(13)20)16(2,24)26-14-11(21)5-8(18)6-12(14)22/h3-6H,1-2H3. The lowest BCUT2D eigenvalue weighted by atomic mass is 10.2. The lowest BCUT2D eigenvalue weighted by Crippen LogP contribution is -2.49. The van der Waals surface area contributed by atoms with Crippen LogP contribution in [0, 0.1) is 0 Å². The second-order valence-electron chi connectivity index (χ2n) is 5.43. The summed E-state index contributed by atoms with van der Waals surface area (Å²) >= 11 is 28.4. The third kappa shape index (κ3) is 5.73. The quantitative estimate of drug-likeness (QED) is 0.279. The molecule has 2 unspecified atom stereocenters. The van der Waals surface area contributed by atoms with E-state index in [-0.39, 0.29) is 0 Å². The summed E-state index contributed by atoms with van der Waals surface area (Å²) in [6, 6.07) is 7.66. The van der Waals surface area contributed by atoms with Crippen molar-refractivity contribution in [3.63, 3.8) is 0 Å². The van der Waals surface area contributed by atoms with E-state index in [1.54, 1.807) is 0 Å². The molecule has 142 valence electrons. The highest BCUT2D eigenvalue weighted by atomic mass is 79.9. The monoisotopic (exact) mass is 865 g/mol. The zero-order valence-corrected chi connectivity index (χ0v) is 25.8. The molecule has 0 aromatic heterocycles. The topological polar surface area (TPSA) is 18.5 Å². The van der Waals surface area contributed by atoms with Crippen molar-refractivity contribution in [2.24, 2.45) is 0 Å². The Bertz CT molecular complexity index is 719. The van der Waals surface area contributed by atoms with Gasteiger partial charge < -0.3 is 9.47 Å². The van der Waals surface area contributed by atoms with Gasteiger partial charge in [0, 0.05) is 8.95 Å². The molecule has 0 saturated carbocycles. The summed E-state index contributed by atoms with van der Waals surface area (Å²) in [6.07, 6.45) is 0. The van der Waals surface area contributed by atoms with Crippen LogP contribution in [0.2, 0.25) is 0 Å². The minimum Gasteiger partial charge on any atom is -0.469 e. The fourth-order valence-electron chi connectivity index (χ4n) is 1.82. The molecule has 0 aliphatic rings. The van der Waals surface area contributed by atoms with Crippen LogP contribution in [0.3, 0.4) is 0 Å². The Morgan fingerprint density at radius 3 is 1.04 bits per heavy atom. The predicted molar refractivity (Wildman–Crippen MR) is 135 cm³/mol. The summed E-state index contributed by atoms with van der Waals surface area (Å²) in [5, 5.41) is 0. The Balaban J connectivity index is 2.36. The van der Waals surface area contributed by atoms with Crippen molar-refractivity contribution >= 4 is 127 Å². The lowest BCUT2D eigenvalue weighted by molar-refractivity contribution is 0.0355. The molecule has 0 fully saturated rings. The molecule has 0 aliphatic heterocycles. The Morgan fingerprint density at radius 2 is 0.808 bits per heavy atom. The first-order valence-corrected chi connectivity index (χ1v) is 13.2. The van der Waals surface area contributed by atoms with Crippen LogP contribution in [0.15, 0.2) is 51.1 Å². The van der Waals surface area contributed by atoms with E-state index in [1.807, 2.05) is 38.1 Å². The molecule has 0 spiro atoms. The van der Waals surface area contributed by atoms with E-state index in [0.717, 1.165) is 26.8 Å². The van der Waals surface area contributed by atoms with Crippen molar-refractivity contribution in [3.8, 4) is 11.5 Å². The molecule has 2 atom stereocenters. The van der Waals surface area contributed by atoms with E-state index in [2.05, 4.69) is 127 Å². The van der Waals surface area contributed by atoms with Crippen molar-refractivity contribution < 1.29 is 9.47 Å². The van der Waals surface area contributed by atoms with E-state index < -0.39 is 9.02 Å². The molecular weight excluding hydrogens is 863 g/mol. The molecule has 0 saturated heterocycles. The first-order valence-electron chi connectivity index (χ1n) is 6.89. The van der Waals surface area contributed by atoms with Gasteiger partial charge in [-0.2, -0.15) is 0 Å². The second-order valence-corrected chi connectivity index (χ2v) is 13.7. The van der Waals surface area contributed by atoms with E-state index in [0.29, 0.717) is 11.5 Å². The highest BCUT2D eigenvalue weighted by Crippen LogP contribution is 2.48. The molecule has 2 nitrogen and oxygen atoms in total. The third-order valence-corrected chi connectivity index (χ3v) is 8.95. The van der Waals surface area contributed by atoms with Crippen molar-refractivity contribution in [1.82, 2.24) is 0 Å². The summed E-state index contributed by atoms with van der Waals surface area (Å²) in [6.45, 7) is 3.76. The van der Waals surface area contributed by atoms with Gasteiger partial charge in [-0.25, -0.2) is 0 Å². The molecule has 26 heavy (non-hydrogen) atoms. The van der Waals surface area contributed by atoms with Crippen molar-refractivity contribution in [2.75, 3.05) is 0 Å². The predicted octanol–water partition coefficient (Wildman–Crippen LogP) is 9.94. The fraction of sp³-hybridized carbons (Fsp3) is 0.250. The van der Waals surface area contributed by atoms with Gasteiger partial charge in [0.25, 0.3) is 0 Å². The summed E-state index contributed by atoms with van der Waals surface area (Å²) in [5.41, 5.74) is 0. The van der Waals surface area contributed by atoms with E-state index >= 15 is 0 Å². The molecule has 2 aromatic rings. The third-order valence-electron chi connectivity index (χ3n) is 3.31. The molecule has 10 heteroatoms. The van der Waals surface area contributed by atoms with Gasteiger partial charge in [-0.15, -0.1) is 0 Å². The average molecular weight is 873 g/mol. The maximum atomic E-state index is 6.25. The minimum atomic E-state index is -0.912. The number of hydrogen-bond donors (Lipinski definition) is 0. The second kappa shape index (κ2) is 9.35. The van der Waals surface area contributed by atoms with Crippen LogP contribution in [0.1, 0.15) is 13.8 Å². The van der Waals surface area contributed by atoms with Crippen molar-refractivity contribution in [2.45, 2.75) is 22.9 Å². The fourth-order valence-corrected chi connectivity index (χ4v) is 7.15. The average Bonchev–Trinajstić information content (AvgIpc) is 2.46. The molecule has 0 heterocycles. The zero-order chi connectivity index (χ0) is 19.9.